The molecule has 0 fully saturated rings. The van der Waals surface area contributed by atoms with Crippen LogP contribution in [0.5, 0.6) is 0 Å². The second-order valence-corrected chi connectivity index (χ2v) is 7.01. The molecule has 0 saturated heterocycles. The number of para-hydroxylation sites is 1. The molecule has 4 aromatic rings. The van der Waals surface area contributed by atoms with Crippen LogP contribution in [0.1, 0.15) is 29.2 Å². The highest BCUT2D eigenvalue weighted by Crippen LogP contribution is 2.40. The molecule has 4 heteroatoms. The van der Waals surface area contributed by atoms with Crippen LogP contribution in [0.3, 0.4) is 0 Å². The third-order valence-corrected chi connectivity index (χ3v) is 5.28. The van der Waals surface area contributed by atoms with Crippen LogP contribution in [0.15, 0.2) is 72.8 Å². The molecule has 0 unspecified atom stereocenters. The summed E-state index contributed by atoms with van der Waals surface area (Å²) in [7, 11) is 0. The van der Waals surface area contributed by atoms with E-state index in [1.165, 1.54) is 10.8 Å². The van der Waals surface area contributed by atoms with Crippen LogP contribution in [-0.4, -0.2) is 15.7 Å². The fraction of sp³-hybridized carbons (Fsp3) is 0.130. The lowest BCUT2D eigenvalue weighted by molar-refractivity contribution is -0.116. The van der Waals surface area contributed by atoms with E-state index in [9.17, 15) is 4.79 Å². The van der Waals surface area contributed by atoms with E-state index in [1.807, 2.05) is 54.1 Å². The fourth-order valence-corrected chi connectivity index (χ4v) is 4.01. The molecular weight excluding hydrogens is 334 g/mol. The Morgan fingerprint density at radius 1 is 0.963 bits per heavy atom. The van der Waals surface area contributed by atoms with E-state index >= 15 is 0 Å². The first kappa shape index (κ1) is 15.8. The molecule has 0 aliphatic carbocycles. The lowest BCUT2D eigenvalue weighted by atomic mass is 9.85. The number of hydrogen-bond acceptors (Lipinski definition) is 2. The minimum Gasteiger partial charge on any atom is -0.310 e. The summed E-state index contributed by atoms with van der Waals surface area (Å²) in [6, 6.07) is 24.7. The molecule has 3 aromatic carbocycles. The summed E-state index contributed by atoms with van der Waals surface area (Å²) in [5, 5.41) is 10.2. The minimum absolute atomic E-state index is 0.0100. The van der Waals surface area contributed by atoms with Crippen molar-refractivity contribution in [1.29, 1.82) is 0 Å². The van der Waals surface area contributed by atoms with Crippen molar-refractivity contribution in [2.45, 2.75) is 19.3 Å². The second-order valence-electron chi connectivity index (χ2n) is 7.01. The van der Waals surface area contributed by atoms with Crippen LogP contribution in [0.25, 0.3) is 16.5 Å². The van der Waals surface area contributed by atoms with Crippen LogP contribution >= 0.6 is 0 Å². The van der Waals surface area contributed by atoms with Gasteiger partial charge < -0.3 is 5.32 Å². The molecule has 1 amide bonds. The lowest BCUT2D eigenvalue weighted by Crippen LogP contribution is -2.24. The van der Waals surface area contributed by atoms with Gasteiger partial charge in [-0.1, -0.05) is 60.7 Å². The van der Waals surface area contributed by atoms with Crippen LogP contribution in [-0.2, 0) is 4.79 Å². The summed E-state index contributed by atoms with van der Waals surface area (Å²) in [5.41, 5.74) is 4.16. The number of rotatable bonds is 2. The van der Waals surface area contributed by atoms with E-state index in [1.54, 1.807) is 0 Å². The third-order valence-electron chi connectivity index (χ3n) is 5.28. The van der Waals surface area contributed by atoms with Crippen molar-refractivity contribution in [3.8, 4) is 5.69 Å². The number of carbonyl (C=O) groups is 1. The Kier molecular flexibility index (Phi) is 3.57. The van der Waals surface area contributed by atoms with Gasteiger partial charge in [0.1, 0.15) is 5.82 Å². The summed E-state index contributed by atoms with van der Waals surface area (Å²) in [6.07, 6.45) is 0.437. The zero-order chi connectivity index (χ0) is 18.4. The predicted molar refractivity (Wildman–Crippen MR) is 107 cm³/mol. The molecule has 0 radical (unpaired) electrons. The van der Waals surface area contributed by atoms with E-state index in [2.05, 4.69) is 35.6 Å². The van der Waals surface area contributed by atoms with Gasteiger partial charge in [0.25, 0.3) is 0 Å². The molecule has 1 atom stereocenters. The van der Waals surface area contributed by atoms with E-state index < -0.39 is 0 Å². The van der Waals surface area contributed by atoms with Crippen LogP contribution < -0.4 is 5.32 Å². The summed E-state index contributed by atoms with van der Waals surface area (Å²) in [5.74, 6) is 0.821. The molecule has 132 valence electrons. The molecular formula is C23H19N3O. The predicted octanol–water partition coefficient (Wildman–Crippen LogP) is 4.81. The number of fused-ring (bicyclic) bond motifs is 2. The number of aryl methyl sites for hydroxylation is 1. The maximum Gasteiger partial charge on any atom is 0.226 e. The van der Waals surface area contributed by atoms with Gasteiger partial charge in [-0.25, -0.2) is 4.68 Å². The van der Waals surface area contributed by atoms with Crippen LogP contribution in [0.4, 0.5) is 5.82 Å². The van der Waals surface area contributed by atoms with Crippen LogP contribution in [0, 0.1) is 6.92 Å². The third kappa shape index (κ3) is 2.61. The molecule has 0 bridgehead atoms. The Bertz CT molecular complexity index is 1160. The van der Waals surface area contributed by atoms with E-state index in [4.69, 9.17) is 5.10 Å². The molecule has 1 aliphatic heterocycles. The quantitative estimate of drug-likeness (QED) is 0.562. The van der Waals surface area contributed by atoms with Crippen molar-refractivity contribution in [3.05, 3.63) is 89.6 Å². The topological polar surface area (TPSA) is 46.9 Å². The maximum absolute atomic E-state index is 12.5. The second kappa shape index (κ2) is 6.09. The zero-order valence-electron chi connectivity index (χ0n) is 15.0. The maximum atomic E-state index is 12.5. The summed E-state index contributed by atoms with van der Waals surface area (Å²) >= 11 is 0. The Morgan fingerprint density at radius 3 is 2.52 bits per heavy atom. The van der Waals surface area contributed by atoms with E-state index in [0.29, 0.717) is 6.42 Å². The molecule has 2 heterocycles. The van der Waals surface area contributed by atoms with Gasteiger partial charge in [0.2, 0.25) is 5.91 Å². The smallest absolute Gasteiger partial charge is 0.226 e. The van der Waals surface area contributed by atoms with Gasteiger partial charge in [-0.2, -0.15) is 5.10 Å². The zero-order valence-corrected chi connectivity index (χ0v) is 15.0. The van der Waals surface area contributed by atoms with Gasteiger partial charge in [0.15, 0.2) is 0 Å². The number of nitrogens with zero attached hydrogens (tertiary/aromatic N) is 2. The summed E-state index contributed by atoms with van der Waals surface area (Å²) in [6.45, 7) is 2.02. The van der Waals surface area contributed by atoms with Gasteiger partial charge in [-0.05, 0) is 35.4 Å². The molecule has 27 heavy (non-hydrogen) atoms. The minimum atomic E-state index is 0.0100. The summed E-state index contributed by atoms with van der Waals surface area (Å²) in [4.78, 5) is 12.5. The lowest BCUT2D eigenvalue weighted by Gasteiger charge is -2.24. The van der Waals surface area contributed by atoms with Gasteiger partial charge in [-0.15, -0.1) is 0 Å². The highest BCUT2D eigenvalue weighted by Gasteiger charge is 2.32. The number of benzene rings is 3. The number of anilines is 1. The van der Waals surface area contributed by atoms with Gasteiger partial charge in [-0.3, -0.25) is 4.79 Å². The monoisotopic (exact) mass is 353 g/mol. The average Bonchev–Trinajstić information content (AvgIpc) is 3.04. The molecule has 1 N–H and O–H groups in total. The van der Waals surface area contributed by atoms with Crippen molar-refractivity contribution >= 4 is 22.5 Å². The highest BCUT2D eigenvalue weighted by atomic mass is 16.1. The number of hydrogen-bond donors (Lipinski definition) is 1. The SMILES string of the molecule is Cc1nn(-c2ccccc2)c2c1[C@@H](c1ccc3ccccc3c1)CC(=O)N2. The normalized spacial score (nSPS) is 16.2. The Morgan fingerprint density at radius 2 is 1.70 bits per heavy atom. The number of aromatic nitrogens is 2. The number of carbonyl (C=O) groups excluding carboxylic acids is 1. The van der Waals surface area contributed by atoms with Crippen molar-refractivity contribution in [2.24, 2.45) is 0 Å². The van der Waals surface area contributed by atoms with Crippen molar-refractivity contribution < 1.29 is 4.79 Å². The standard InChI is InChI=1S/C23H19N3O/c1-15-22-20(18-12-11-16-7-5-6-8-17(16)13-18)14-21(27)24-23(22)26(25-15)19-9-3-2-4-10-19/h2-13,20H,14H2,1H3,(H,24,27)/t20-/m1/s1. The Hall–Kier alpha value is -3.40. The van der Waals surface area contributed by atoms with Gasteiger partial charge in [0.05, 0.1) is 11.4 Å². The molecule has 0 saturated carbocycles. The first-order chi connectivity index (χ1) is 13.2. The van der Waals surface area contributed by atoms with Crippen molar-refractivity contribution in [1.82, 2.24) is 9.78 Å². The van der Waals surface area contributed by atoms with Crippen molar-refractivity contribution in [2.75, 3.05) is 5.32 Å². The van der Waals surface area contributed by atoms with Crippen LogP contribution in [0.2, 0.25) is 0 Å². The largest absolute Gasteiger partial charge is 0.310 e. The fourth-order valence-electron chi connectivity index (χ4n) is 4.01. The molecule has 1 aromatic heterocycles. The summed E-state index contributed by atoms with van der Waals surface area (Å²) < 4.78 is 1.84. The molecule has 5 rings (SSSR count). The Balaban J connectivity index is 1.68. The molecule has 4 nitrogen and oxygen atoms in total. The number of nitrogens with one attached hydrogen (secondary N) is 1. The first-order valence-electron chi connectivity index (χ1n) is 9.14. The van der Waals surface area contributed by atoms with Gasteiger partial charge in [0, 0.05) is 17.9 Å². The molecule has 1 aliphatic rings. The van der Waals surface area contributed by atoms with E-state index in [0.717, 1.165) is 28.3 Å². The Labute approximate surface area is 157 Å². The first-order valence-corrected chi connectivity index (χ1v) is 9.14. The average molecular weight is 353 g/mol. The highest BCUT2D eigenvalue weighted by molar-refractivity contribution is 5.95. The molecule has 0 spiro atoms. The van der Waals surface area contributed by atoms with E-state index in [-0.39, 0.29) is 11.8 Å². The van der Waals surface area contributed by atoms with Crippen molar-refractivity contribution in [3.63, 3.8) is 0 Å². The number of amides is 1. The van der Waals surface area contributed by atoms with Gasteiger partial charge >= 0.3 is 0 Å².